The van der Waals surface area contributed by atoms with Crippen molar-refractivity contribution in [2.75, 3.05) is 30.1 Å². The van der Waals surface area contributed by atoms with Gasteiger partial charge in [0, 0.05) is 11.8 Å². The molecule has 0 spiro atoms. The third-order valence-corrected chi connectivity index (χ3v) is 7.43. The van der Waals surface area contributed by atoms with Crippen molar-refractivity contribution in [1.82, 2.24) is 15.3 Å². The van der Waals surface area contributed by atoms with Gasteiger partial charge < -0.3 is 14.8 Å². The molecule has 1 fully saturated rings. The fourth-order valence-corrected chi connectivity index (χ4v) is 5.41. The lowest BCUT2D eigenvalue weighted by Crippen LogP contribution is -2.53. The van der Waals surface area contributed by atoms with Gasteiger partial charge in [0.05, 0.1) is 12.4 Å². The van der Waals surface area contributed by atoms with Gasteiger partial charge in [-0.05, 0) is 49.4 Å². The maximum Gasteiger partial charge on any atom is 0.321 e. The van der Waals surface area contributed by atoms with Gasteiger partial charge in [-0.15, -0.1) is 0 Å². The van der Waals surface area contributed by atoms with Crippen LogP contribution in [0.1, 0.15) is 12.8 Å². The predicted octanol–water partition coefficient (Wildman–Crippen LogP) is 4.64. The molecule has 4 rings (SSSR count). The van der Waals surface area contributed by atoms with E-state index in [0.29, 0.717) is 23.7 Å². The predicted molar refractivity (Wildman–Crippen MR) is 135 cm³/mol. The largest absolute Gasteiger partial charge is 0.326 e. The van der Waals surface area contributed by atoms with Crippen LogP contribution in [0, 0.1) is 11.6 Å². The van der Waals surface area contributed by atoms with Crippen LogP contribution in [0.4, 0.5) is 25.1 Å². The van der Waals surface area contributed by atoms with Gasteiger partial charge in [-0.25, -0.2) is 23.5 Å². The first-order valence-corrected chi connectivity index (χ1v) is 14.0. The second kappa shape index (κ2) is 10.3. The van der Waals surface area contributed by atoms with Gasteiger partial charge in [0.15, 0.2) is 17.5 Å². The van der Waals surface area contributed by atoms with Crippen molar-refractivity contribution in [2.45, 2.75) is 18.9 Å². The summed E-state index contributed by atoms with van der Waals surface area (Å²) in [4.78, 5) is 34.1. The molecule has 1 aliphatic rings. The number of anilines is 2. The van der Waals surface area contributed by atoms with Crippen LogP contribution < -0.4 is 20.8 Å². The van der Waals surface area contributed by atoms with Crippen LogP contribution in [0.3, 0.4) is 0 Å². The molecule has 188 valence electrons. The molecule has 3 amide bonds. The lowest BCUT2D eigenvalue weighted by atomic mass is 10.0. The SMILES string of the molecule is CP(C)(=O)c1ccccc1-c1cc(F)c(N2CCCC(NC(=O)Nc3cnc(Cl)cn3)C2=O)c(F)c1. The zero-order valence-corrected chi connectivity index (χ0v) is 21.1. The normalized spacial score (nSPS) is 16.1. The molecule has 2 aromatic carbocycles. The van der Waals surface area contributed by atoms with Crippen LogP contribution in [0.2, 0.25) is 5.15 Å². The minimum absolute atomic E-state index is 0.0875. The molecule has 12 heteroatoms. The van der Waals surface area contributed by atoms with Gasteiger partial charge in [0.2, 0.25) is 5.91 Å². The number of piperidine rings is 1. The molecule has 0 aliphatic carbocycles. The van der Waals surface area contributed by atoms with Gasteiger partial charge in [0.1, 0.15) is 24.0 Å². The number of carbonyl (C=O) groups is 2. The van der Waals surface area contributed by atoms with Crippen molar-refractivity contribution in [1.29, 1.82) is 0 Å². The maximum atomic E-state index is 15.3. The van der Waals surface area contributed by atoms with Crippen LogP contribution >= 0.6 is 18.7 Å². The highest BCUT2D eigenvalue weighted by Crippen LogP contribution is 2.40. The van der Waals surface area contributed by atoms with Crippen LogP contribution in [-0.2, 0) is 9.36 Å². The minimum Gasteiger partial charge on any atom is -0.326 e. The Morgan fingerprint density at radius 3 is 2.47 bits per heavy atom. The molecule has 3 aromatic rings. The molecule has 2 N–H and O–H groups in total. The number of halogens is 3. The molecule has 0 bridgehead atoms. The highest BCUT2D eigenvalue weighted by atomic mass is 35.5. The van der Waals surface area contributed by atoms with E-state index < -0.39 is 42.4 Å². The molecule has 0 saturated carbocycles. The Balaban J connectivity index is 1.56. The molecule has 1 unspecified atom stereocenters. The fourth-order valence-electron chi connectivity index (χ4n) is 4.08. The summed E-state index contributed by atoms with van der Waals surface area (Å²) in [6, 6.07) is 7.28. The number of aromatic nitrogens is 2. The summed E-state index contributed by atoms with van der Waals surface area (Å²) in [7, 11) is -2.72. The standard InChI is InChI=1S/C24H23ClF2N5O3P/c1-36(2,35)19-8-4-3-6-15(19)14-10-16(26)22(17(27)11-14)32-9-5-7-18(23(32)33)30-24(34)31-21-13-28-20(25)12-29-21/h3-4,6,8,10-13,18H,5,7,9H2,1-2H3,(H2,29,30,31,34). The zero-order chi connectivity index (χ0) is 26.0. The summed E-state index contributed by atoms with van der Waals surface area (Å²) in [5.41, 5.74) is 0.186. The van der Waals surface area contributed by atoms with Gasteiger partial charge in [-0.2, -0.15) is 0 Å². The second-order valence-electron chi connectivity index (χ2n) is 8.66. The topological polar surface area (TPSA) is 104 Å². The number of rotatable bonds is 5. The Hall–Kier alpha value is -3.36. The Morgan fingerprint density at radius 2 is 1.83 bits per heavy atom. The molecule has 0 radical (unpaired) electrons. The summed E-state index contributed by atoms with van der Waals surface area (Å²) in [6.07, 6.45) is 3.21. The highest BCUT2D eigenvalue weighted by Gasteiger charge is 2.34. The molecule has 36 heavy (non-hydrogen) atoms. The average Bonchev–Trinajstić information content (AvgIpc) is 2.82. The van der Waals surface area contributed by atoms with Crippen LogP contribution in [0.15, 0.2) is 48.8 Å². The number of hydrogen-bond acceptors (Lipinski definition) is 5. The number of nitrogens with one attached hydrogen (secondary N) is 2. The van der Waals surface area contributed by atoms with E-state index in [-0.39, 0.29) is 23.1 Å². The summed E-state index contributed by atoms with van der Waals surface area (Å²) >= 11 is 5.67. The zero-order valence-electron chi connectivity index (χ0n) is 19.5. The van der Waals surface area contributed by atoms with E-state index in [2.05, 4.69) is 20.6 Å². The van der Waals surface area contributed by atoms with Crippen molar-refractivity contribution in [3.05, 3.63) is 65.6 Å². The van der Waals surface area contributed by atoms with Gasteiger partial charge in [-0.3, -0.25) is 10.1 Å². The summed E-state index contributed by atoms with van der Waals surface area (Å²) in [5, 5.41) is 5.60. The number of benzene rings is 2. The Labute approximate surface area is 211 Å². The summed E-state index contributed by atoms with van der Waals surface area (Å²) in [6.45, 7) is 3.26. The van der Waals surface area contributed by atoms with E-state index in [9.17, 15) is 14.2 Å². The number of nitrogens with zero attached hydrogens (tertiary/aromatic N) is 3. The van der Waals surface area contributed by atoms with Crippen molar-refractivity contribution < 1.29 is 22.9 Å². The van der Waals surface area contributed by atoms with E-state index in [1.165, 1.54) is 12.4 Å². The lowest BCUT2D eigenvalue weighted by molar-refractivity contribution is -0.121. The van der Waals surface area contributed by atoms with Gasteiger partial charge in [-0.1, -0.05) is 35.9 Å². The average molecular weight is 534 g/mol. The monoisotopic (exact) mass is 533 g/mol. The fraction of sp³-hybridized carbons (Fsp3) is 0.250. The number of urea groups is 1. The summed E-state index contributed by atoms with van der Waals surface area (Å²) in [5.74, 6) is -2.39. The Morgan fingerprint density at radius 1 is 1.14 bits per heavy atom. The van der Waals surface area contributed by atoms with E-state index in [1.54, 1.807) is 37.6 Å². The first-order chi connectivity index (χ1) is 17.0. The Kier molecular flexibility index (Phi) is 7.38. The molecule has 1 aromatic heterocycles. The molecular weight excluding hydrogens is 511 g/mol. The Bertz CT molecular complexity index is 1340. The maximum absolute atomic E-state index is 15.3. The van der Waals surface area contributed by atoms with Crippen molar-refractivity contribution >= 4 is 47.5 Å². The first-order valence-electron chi connectivity index (χ1n) is 11.0. The van der Waals surface area contributed by atoms with Crippen LogP contribution in [-0.4, -0.2) is 47.8 Å². The molecule has 1 saturated heterocycles. The number of hydrogen-bond donors (Lipinski definition) is 2. The van der Waals surface area contributed by atoms with Gasteiger partial charge >= 0.3 is 6.03 Å². The molecular formula is C24H23ClF2N5O3P. The third-order valence-electron chi connectivity index (χ3n) is 5.69. The second-order valence-corrected chi connectivity index (χ2v) is 12.2. The van der Waals surface area contributed by atoms with E-state index in [4.69, 9.17) is 11.6 Å². The van der Waals surface area contributed by atoms with E-state index in [1.807, 2.05) is 0 Å². The van der Waals surface area contributed by atoms with E-state index in [0.717, 1.165) is 17.0 Å². The molecule has 8 nitrogen and oxygen atoms in total. The van der Waals surface area contributed by atoms with Crippen molar-refractivity contribution in [3.8, 4) is 11.1 Å². The smallest absolute Gasteiger partial charge is 0.321 e. The molecule has 1 atom stereocenters. The van der Waals surface area contributed by atoms with Gasteiger partial charge in [0.25, 0.3) is 0 Å². The van der Waals surface area contributed by atoms with Crippen LogP contribution in [0.5, 0.6) is 0 Å². The summed E-state index contributed by atoms with van der Waals surface area (Å²) < 4.78 is 43.2. The minimum atomic E-state index is -2.72. The lowest BCUT2D eigenvalue weighted by Gasteiger charge is -2.33. The highest BCUT2D eigenvalue weighted by molar-refractivity contribution is 7.70. The molecule has 1 aliphatic heterocycles. The van der Waals surface area contributed by atoms with E-state index >= 15 is 8.78 Å². The first kappa shape index (κ1) is 25.7. The number of amides is 3. The number of carbonyl (C=O) groups excluding carboxylic acids is 2. The van der Waals surface area contributed by atoms with Crippen molar-refractivity contribution in [3.63, 3.8) is 0 Å². The van der Waals surface area contributed by atoms with Crippen molar-refractivity contribution in [2.24, 2.45) is 0 Å². The van der Waals surface area contributed by atoms with Crippen LogP contribution in [0.25, 0.3) is 11.1 Å². The third kappa shape index (κ3) is 5.55. The molecule has 2 heterocycles. The quantitative estimate of drug-likeness (QED) is 0.465.